The first-order valence-electron chi connectivity index (χ1n) is 5.73. The number of aryl methyl sites for hydroxylation is 1. The number of pyridine rings is 1. The molecule has 0 unspecified atom stereocenters. The van der Waals surface area contributed by atoms with E-state index in [9.17, 15) is 14.7 Å². The fourth-order valence-electron chi connectivity index (χ4n) is 2.54. The quantitative estimate of drug-likeness (QED) is 0.846. The van der Waals surface area contributed by atoms with Gasteiger partial charge in [0, 0.05) is 24.7 Å². The number of aromatic nitrogens is 1. The van der Waals surface area contributed by atoms with Crippen LogP contribution in [0.4, 0.5) is 0 Å². The number of Topliss-reactive ketones (excluding diaryl/α,β-unsaturated/α-hetero) is 1. The van der Waals surface area contributed by atoms with Gasteiger partial charge in [-0.2, -0.15) is 0 Å². The van der Waals surface area contributed by atoms with E-state index in [1.54, 1.807) is 12.3 Å². The molecule has 1 aromatic rings. The van der Waals surface area contributed by atoms with Gasteiger partial charge >= 0.3 is 5.97 Å². The van der Waals surface area contributed by atoms with Gasteiger partial charge in [-0.05, 0) is 31.4 Å². The molecule has 1 heterocycles. The number of hydrogen-bond acceptors (Lipinski definition) is 3. The van der Waals surface area contributed by atoms with E-state index in [0.717, 1.165) is 11.3 Å². The molecule has 0 saturated heterocycles. The molecule has 1 fully saturated rings. The van der Waals surface area contributed by atoms with Crippen molar-refractivity contribution in [1.82, 2.24) is 4.98 Å². The normalized spacial score (nSPS) is 19.0. The molecule has 1 aliphatic carbocycles. The van der Waals surface area contributed by atoms with Crippen LogP contribution in [0.2, 0.25) is 0 Å². The molecule has 2 rings (SSSR count). The largest absolute Gasteiger partial charge is 0.481 e. The molecule has 0 radical (unpaired) electrons. The number of carboxylic acids is 1. The van der Waals surface area contributed by atoms with E-state index in [4.69, 9.17) is 0 Å². The lowest BCUT2D eigenvalue weighted by atomic mass is 9.68. The average molecular weight is 233 g/mol. The maximum Gasteiger partial charge on any atom is 0.314 e. The summed E-state index contributed by atoms with van der Waals surface area (Å²) < 4.78 is 0. The van der Waals surface area contributed by atoms with Gasteiger partial charge in [-0.25, -0.2) is 0 Å². The Balaban J connectivity index is 2.46. The highest BCUT2D eigenvalue weighted by molar-refractivity contribution is 5.87. The Morgan fingerprint density at radius 2 is 2.06 bits per heavy atom. The van der Waals surface area contributed by atoms with Gasteiger partial charge in [-0.15, -0.1) is 0 Å². The first kappa shape index (κ1) is 11.8. The van der Waals surface area contributed by atoms with Crippen molar-refractivity contribution < 1.29 is 14.7 Å². The van der Waals surface area contributed by atoms with Crippen molar-refractivity contribution in [3.63, 3.8) is 0 Å². The summed E-state index contributed by atoms with van der Waals surface area (Å²) in [6.07, 6.45) is 3.12. The van der Waals surface area contributed by atoms with E-state index in [1.165, 1.54) is 0 Å². The molecule has 0 bridgehead atoms. The molecule has 90 valence electrons. The molecule has 1 aliphatic rings. The summed E-state index contributed by atoms with van der Waals surface area (Å²) in [6.45, 7) is 1.82. The maximum absolute atomic E-state index is 11.6. The van der Waals surface area contributed by atoms with Gasteiger partial charge in [0.25, 0.3) is 0 Å². The van der Waals surface area contributed by atoms with E-state index >= 15 is 0 Å². The van der Waals surface area contributed by atoms with E-state index in [-0.39, 0.29) is 5.78 Å². The molecule has 4 nitrogen and oxygen atoms in total. The Morgan fingerprint density at radius 3 is 2.59 bits per heavy atom. The predicted octanol–water partition coefficient (Wildman–Crippen LogP) is 1.86. The average Bonchev–Trinajstić information content (AvgIpc) is 2.31. The number of carbonyl (C=O) groups is 2. The second kappa shape index (κ2) is 4.28. The summed E-state index contributed by atoms with van der Waals surface area (Å²) in [5.41, 5.74) is 0.566. The van der Waals surface area contributed by atoms with Crippen molar-refractivity contribution in [2.45, 2.75) is 38.0 Å². The van der Waals surface area contributed by atoms with E-state index in [0.29, 0.717) is 25.7 Å². The summed E-state index contributed by atoms with van der Waals surface area (Å²) in [4.78, 5) is 27.0. The van der Waals surface area contributed by atoms with Gasteiger partial charge in [0.2, 0.25) is 0 Å². The Hall–Kier alpha value is -1.71. The second-order valence-corrected chi connectivity index (χ2v) is 4.56. The van der Waals surface area contributed by atoms with Crippen molar-refractivity contribution in [2.75, 3.05) is 0 Å². The van der Waals surface area contributed by atoms with Crippen molar-refractivity contribution in [3.05, 3.63) is 29.6 Å². The van der Waals surface area contributed by atoms with Gasteiger partial charge in [-0.3, -0.25) is 14.6 Å². The van der Waals surface area contributed by atoms with Gasteiger partial charge in [0.15, 0.2) is 0 Å². The molecule has 4 heteroatoms. The molecule has 0 aromatic carbocycles. The third kappa shape index (κ3) is 1.95. The molecule has 17 heavy (non-hydrogen) atoms. The summed E-state index contributed by atoms with van der Waals surface area (Å²) in [5, 5.41) is 9.51. The zero-order chi connectivity index (χ0) is 12.5. The van der Waals surface area contributed by atoms with Gasteiger partial charge in [-0.1, -0.05) is 6.07 Å². The minimum Gasteiger partial charge on any atom is -0.481 e. The Morgan fingerprint density at radius 1 is 1.41 bits per heavy atom. The SMILES string of the molecule is Cc1ncccc1C1(C(=O)O)CCC(=O)CC1. The second-order valence-electron chi connectivity index (χ2n) is 4.56. The van der Waals surface area contributed by atoms with Crippen molar-refractivity contribution in [2.24, 2.45) is 0 Å². The smallest absolute Gasteiger partial charge is 0.314 e. The van der Waals surface area contributed by atoms with E-state index < -0.39 is 11.4 Å². The minimum atomic E-state index is -0.924. The van der Waals surface area contributed by atoms with Crippen LogP contribution in [0.5, 0.6) is 0 Å². The Labute approximate surface area is 99.7 Å². The molecular formula is C13H15NO3. The monoisotopic (exact) mass is 233 g/mol. The van der Waals surface area contributed by atoms with Crippen LogP contribution in [0.1, 0.15) is 36.9 Å². The third-order valence-electron chi connectivity index (χ3n) is 3.59. The van der Waals surface area contributed by atoms with Crippen LogP contribution >= 0.6 is 0 Å². The lowest BCUT2D eigenvalue weighted by Crippen LogP contribution is -2.40. The summed E-state index contributed by atoms with van der Waals surface area (Å²) in [6, 6.07) is 3.57. The first-order chi connectivity index (χ1) is 8.06. The number of rotatable bonds is 2. The highest BCUT2D eigenvalue weighted by atomic mass is 16.4. The molecule has 1 saturated carbocycles. The number of carbonyl (C=O) groups excluding carboxylic acids is 1. The van der Waals surface area contributed by atoms with Crippen LogP contribution < -0.4 is 0 Å². The molecule has 1 aromatic heterocycles. The lowest BCUT2D eigenvalue weighted by Gasteiger charge is -2.33. The molecular weight excluding hydrogens is 218 g/mol. The minimum absolute atomic E-state index is 0.156. The summed E-state index contributed by atoms with van der Waals surface area (Å²) in [7, 11) is 0. The Bertz CT molecular complexity index is 457. The number of hydrogen-bond donors (Lipinski definition) is 1. The first-order valence-corrected chi connectivity index (χ1v) is 5.73. The third-order valence-corrected chi connectivity index (χ3v) is 3.59. The van der Waals surface area contributed by atoms with Gasteiger partial charge in [0.05, 0.1) is 5.41 Å². The van der Waals surface area contributed by atoms with E-state index in [2.05, 4.69) is 4.98 Å². The topological polar surface area (TPSA) is 67.3 Å². The van der Waals surface area contributed by atoms with Crippen molar-refractivity contribution in [1.29, 1.82) is 0 Å². The van der Waals surface area contributed by atoms with Crippen molar-refractivity contribution >= 4 is 11.8 Å². The fourth-order valence-corrected chi connectivity index (χ4v) is 2.54. The molecule has 0 aliphatic heterocycles. The van der Waals surface area contributed by atoms with Crippen LogP contribution in [0.15, 0.2) is 18.3 Å². The van der Waals surface area contributed by atoms with Gasteiger partial charge in [0.1, 0.15) is 5.78 Å². The molecule has 0 atom stereocenters. The molecule has 1 N–H and O–H groups in total. The predicted molar refractivity (Wildman–Crippen MR) is 61.8 cm³/mol. The fraction of sp³-hybridized carbons (Fsp3) is 0.462. The summed E-state index contributed by atoms with van der Waals surface area (Å²) >= 11 is 0. The number of ketones is 1. The van der Waals surface area contributed by atoms with E-state index in [1.807, 2.05) is 13.0 Å². The van der Waals surface area contributed by atoms with Crippen molar-refractivity contribution in [3.8, 4) is 0 Å². The highest BCUT2D eigenvalue weighted by Gasteiger charge is 2.44. The maximum atomic E-state index is 11.6. The van der Waals surface area contributed by atoms with Gasteiger partial charge < -0.3 is 5.11 Å². The number of nitrogens with zero attached hydrogens (tertiary/aromatic N) is 1. The van der Waals surface area contributed by atoms with Crippen LogP contribution in [0.25, 0.3) is 0 Å². The molecule has 0 spiro atoms. The summed E-state index contributed by atoms with van der Waals surface area (Å²) in [5.74, 6) is -0.690. The van der Waals surface area contributed by atoms with Crippen LogP contribution in [0.3, 0.4) is 0 Å². The highest BCUT2D eigenvalue weighted by Crippen LogP contribution is 2.39. The standard InChI is InChI=1S/C13H15NO3/c1-9-11(3-2-8-14-9)13(12(16)17)6-4-10(15)5-7-13/h2-3,8H,4-7H2,1H3,(H,16,17). The lowest BCUT2D eigenvalue weighted by molar-refractivity contribution is -0.146. The van der Waals surface area contributed by atoms with Crippen LogP contribution in [0, 0.1) is 6.92 Å². The number of carboxylic acid groups (broad SMARTS) is 1. The van der Waals surface area contributed by atoms with Crippen LogP contribution in [-0.2, 0) is 15.0 Å². The zero-order valence-electron chi connectivity index (χ0n) is 9.77. The Kier molecular flexibility index (Phi) is 2.96. The van der Waals surface area contributed by atoms with Crippen LogP contribution in [-0.4, -0.2) is 21.8 Å². The number of aliphatic carboxylic acids is 1. The molecule has 0 amide bonds. The zero-order valence-corrected chi connectivity index (χ0v) is 9.77.